The van der Waals surface area contributed by atoms with Gasteiger partial charge in [0.05, 0.1) is 19.3 Å². The minimum atomic E-state index is -0.0792. The Kier molecular flexibility index (Phi) is 4.17. The Balaban J connectivity index is 1.97. The molecule has 1 aromatic heterocycles. The van der Waals surface area contributed by atoms with Gasteiger partial charge in [0.1, 0.15) is 18.1 Å². The highest BCUT2D eigenvalue weighted by Gasteiger charge is 2.31. The standard InChI is InChI=1S/C12H19NO4/c1-16-12-4-9(7-14)13(6-12)5-10-2-3-11(8-15)17-10/h2-3,9,12,14-15H,4-8H2,1H3/t9-,12-/m0/s1. The van der Waals surface area contributed by atoms with Crippen molar-refractivity contribution in [3.63, 3.8) is 0 Å². The van der Waals surface area contributed by atoms with Crippen LogP contribution in [0.2, 0.25) is 0 Å². The molecule has 2 atom stereocenters. The van der Waals surface area contributed by atoms with Crippen LogP contribution in [0.25, 0.3) is 0 Å². The molecular formula is C12H19NO4. The molecule has 17 heavy (non-hydrogen) atoms. The molecular weight excluding hydrogens is 222 g/mol. The number of furan rings is 1. The summed E-state index contributed by atoms with van der Waals surface area (Å²) in [5.74, 6) is 1.38. The molecule has 0 aliphatic carbocycles. The quantitative estimate of drug-likeness (QED) is 0.779. The second kappa shape index (κ2) is 5.64. The van der Waals surface area contributed by atoms with Crippen molar-refractivity contribution in [2.75, 3.05) is 20.3 Å². The first kappa shape index (κ1) is 12.6. The van der Waals surface area contributed by atoms with Gasteiger partial charge in [-0.15, -0.1) is 0 Å². The van der Waals surface area contributed by atoms with E-state index in [2.05, 4.69) is 4.90 Å². The van der Waals surface area contributed by atoms with Crippen LogP contribution in [-0.2, 0) is 17.9 Å². The first-order chi connectivity index (χ1) is 8.26. The molecule has 1 aliphatic rings. The molecule has 5 nitrogen and oxygen atoms in total. The molecule has 1 fully saturated rings. The molecule has 0 unspecified atom stereocenters. The van der Waals surface area contributed by atoms with Gasteiger partial charge in [-0.2, -0.15) is 0 Å². The molecule has 0 amide bonds. The number of ether oxygens (including phenoxy) is 1. The largest absolute Gasteiger partial charge is 0.462 e. The van der Waals surface area contributed by atoms with Crippen molar-refractivity contribution in [3.05, 3.63) is 23.7 Å². The van der Waals surface area contributed by atoms with E-state index >= 15 is 0 Å². The Morgan fingerprint density at radius 1 is 1.41 bits per heavy atom. The highest BCUT2D eigenvalue weighted by Crippen LogP contribution is 2.22. The van der Waals surface area contributed by atoms with Gasteiger partial charge < -0.3 is 19.4 Å². The highest BCUT2D eigenvalue weighted by molar-refractivity contribution is 5.07. The summed E-state index contributed by atoms with van der Waals surface area (Å²) >= 11 is 0. The van der Waals surface area contributed by atoms with Crippen LogP contribution in [0.4, 0.5) is 0 Å². The van der Waals surface area contributed by atoms with Crippen molar-refractivity contribution in [1.29, 1.82) is 0 Å². The first-order valence-electron chi connectivity index (χ1n) is 5.83. The molecule has 2 heterocycles. The normalized spacial score (nSPS) is 25.6. The van der Waals surface area contributed by atoms with Gasteiger partial charge in [-0.05, 0) is 18.6 Å². The fourth-order valence-electron chi connectivity index (χ4n) is 2.28. The first-order valence-corrected chi connectivity index (χ1v) is 5.83. The Hall–Kier alpha value is -0.880. The van der Waals surface area contributed by atoms with Gasteiger partial charge in [0.2, 0.25) is 0 Å². The Morgan fingerprint density at radius 2 is 2.18 bits per heavy atom. The van der Waals surface area contributed by atoms with Gasteiger partial charge in [-0.1, -0.05) is 0 Å². The topological polar surface area (TPSA) is 66.1 Å². The van der Waals surface area contributed by atoms with E-state index in [4.69, 9.17) is 14.3 Å². The zero-order valence-corrected chi connectivity index (χ0v) is 10.0. The average molecular weight is 241 g/mol. The second-order valence-corrected chi connectivity index (χ2v) is 4.39. The summed E-state index contributed by atoms with van der Waals surface area (Å²) in [6, 6.07) is 3.76. The molecule has 0 radical (unpaired) electrons. The van der Waals surface area contributed by atoms with Crippen LogP contribution in [0.15, 0.2) is 16.5 Å². The maximum Gasteiger partial charge on any atom is 0.129 e. The van der Waals surface area contributed by atoms with Crippen molar-refractivity contribution in [1.82, 2.24) is 4.90 Å². The molecule has 0 saturated carbocycles. The third kappa shape index (κ3) is 2.87. The molecule has 5 heteroatoms. The minimum Gasteiger partial charge on any atom is -0.462 e. The van der Waals surface area contributed by atoms with Crippen LogP contribution in [0, 0.1) is 0 Å². The van der Waals surface area contributed by atoms with E-state index in [1.165, 1.54) is 0 Å². The SMILES string of the molecule is CO[C@H]1C[C@@H](CO)N(Cc2ccc(CO)o2)C1. The Bertz CT molecular complexity index is 352. The van der Waals surface area contributed by atoms with Gasteiger partial charge >= 0.3 is 0 Å². The zero-order chi connectivity index (χ0) is 12.3. The van der Waals surface area contributed by atoms with E-state index in [-0.39, 0.29) is 25.4 Å². The molecule has 96 valence electrons. The van der Waals surface area contributed by atoms with E-state index in [0.29, 0.717) is 12.3 Å². The molecule has 2 rings (SSSR count). The summed E-state index contributed by atoms with van der Waals surface area (Å²) in [4.78, 5) is 2.15. The maximum absolute atomic E-state index is 9.31. The lowest BCUT2D eigenvalue weighted by Crippen LogP contribution is -2.31. The number of hydrogen-bond acceptors (Lipinski definition) is 5. The fraction of sp³-hybridized carbons (Fsp3) is 0.667. The van der Waals surface area contributed by atoms with Crippen molar-refractivity contribution >= 4 is 0 Å². The summed E-state index contributed by atoms with van der Waals surface area (Å²) in [5.41, 5.74) is 0. The minimum absolute atomic E-state index is 0.0792. The molecule has 0 spiro atoms. The van der Waals surface area contributed by atoms with Crippen LogP contribution >= 0.6 is 0 Å². The van der Waals surface area contributed by atoms with Crippen LogP contribution in [-0.4, -0.2) is 47.5 Å². The highest BCUT2D eigenvalue weighted by atomic mass is 16.5. The number of aliphatic hydroxyl groups is 2. The van der Waals surface area contributed by atoms with Crippen molar-refractivity contribution in [2.24, 2.45) is 0 Å². The number of aliphatic hydroxyl groups excluding tert-OH is 2. The Labute approximate surface area is 101 Å². The summed E-state index contributed by atoms with van der Waals surface area (Å²) < 4.78 is 10.8. The van der Waals surface area contributed by atoms with Crippen LogP contribution in [0.5, 0.6) is 0 Å². The summed E-state index contributed by atoms with van der Waals surface area (Å²) in [6.07, 6.45) is 1.03. The van der Waals surface area contributed by atoms with Crippen molar-refractivity contribution in [2.45, 2.75) is 31.7 Å². The summed E-state index contributed by atoms with van der Waals surface area (Å²) in [7, 11) is 1.69. The predicted molar refractivity (Wildman–Crippen MR) is 61.3 cm³/mol. The Morgan fingerprint density at radius 3 is 2.76 bits per heavy atom. The number of rotatable bonds is 5. The van der Waals surface area contributed by atoms with E-state index in [9.17, 15) is 5.11 Å². The monoisotopic (exact) mass is 241 g/mol. The maximum atomic E-state index is 9.31. The molecule has 0 bridgehead atoms. The van der Waals surface area contributed by atoms with Crippen LogP contribution in [0.1, 0.15) is 17.9 Å². The average Bonchev–Trinajstić information content (AvgIpc) is 2.95. The third-order valence-corrected chi connectivity index (χ3v) is 3.27. The summed E-state index contributed by atoms with van der Waals surface area (Å²) in [5, 5.41) is 18.2. The van der Waals surface area contributed by atoms with Crippen molar-refractivity contribution < 1.29 is 19.4 Å². The molecule has 1 saturated heterocycles. The second-order valence-electron chi connectivity index (χ2n) is 4.39. The van der Waals surface area contributed by atoms with E-state index in [1.54, 1.807) is 13.2 Å². The van der Waals surface area contributed by atoms with E-state index < -0.39 is 0 Å². The summed E-state index contributed by atoms with van der Waals surface area (Å²) in [6.45, 7) is 1.50. The number of nitrogens with zero attached hydrogens (tertiary/aromatic N) is 1. The van der Waals surface area contributed by atoms with E-state index in [0.717, 1.165) is 18.7 Å². The number of hydrogen-bond donors (Lipinski definition) is 2. The van der Waals surface area contributed by atoms with E-state index in [1.807, 2.05) is 6.07 Å². The van der Waals surface area contributed by atoms with Gasteiger partial charge in [-0.25, -0.2) is 0 Å². The number of likely N-dealkylation sites (tertiary alicyclic amines) is 1. The van der Waals surface area contributed by atoms with Gasteiger partial charge in [0.25, 0.3) is 0 Å². The smallest absolute Gasteiger partial charge is 0.129 e. The lowest BCUT2D eigenvalue weighted by atomic mass is 10.2. The van der Waals surface area contributed by atoms with Crippen molar-refractivity contribution in [3.8, 4) is 0 Å². The zero-order valence-electron chi connectivity index (χ0n) is 10.0. The molecule has 0 aromatic carbocycles. The lowest BCUT2D eigenvalue weighted by molar-refractivity contribution is 0.105. The molecule has 2 N–H and O–H groups in total. The van der Waals surface area contributed by atoms with Gasteiger partial charge in [0.15, 0.2) is 0 Å². The van der Waals surface area contributed by atoms with Gasteiger partial charge in [-0.3, -0.25) is 4.90 Å². The molecule has 1 aromatic rings. The van der Waals surface area contributed by atoms with Gasteiger partial charge in [0, 0.05) is 19.7 Å². The van der Waals surface area contributed by atoms with Crippen LogP contribution in [0.3, 0.4) is 0 Å². The predicted octanol–water partition coefficient (Wildman–Crippen LogP) is 0.353. The fourth-order valence-corrected chi connectivity index (χ4v) is 2.28. The number of methoxy groups -OCH3 is 1. The molecule has 1 aliphatic heterocycles. The van der Waals surface area contributed by atoms with Crippen LogP contribution < -0.4 is 0 Å². The third-order valence-electron chi connectivity index (χ3n) is 3.27. The lowest BCUT2D eigenvalue weighted by Gasteiger charge is -2.20.